The van der Waals surface area contributed by atoms with Crippen LogP contribution in [0.15, 0.2) is 21.8 Å². The van der Waals surface area contributed by atoms with Crippen LogP contribution in [0.25, 0.3) is 11.0 Å². The summed E-state index contributed by atoms with van der Waals surface area (Å²) in [6.07, 6.45) is 0.824. The summed E-state index contributed by atoms with van der Waals surface area (Å²) >= 11 is 0. The van der Waals surface area contributed by atoms with E-state index in [0.717, 1.165) is 18.4 Å². The molecule has 104 valence electrons. The summed E-state index contributed by atoms with van der Waals surface area (Å²) in [4.78, 5) is 15.1. The van der Waals surface area contributed by atoms with Crippen LogP contribution in [-0.2, 0) is 20.1 Å². The van der Waals surface area contributed by atoms with E-state index in [1.807, 2.05) is 4.72 Å². The third-order valence-electron chi connectivity index (χ3n) is 2.19. The number of imidazole rings is 1. The molecule has 0 radical (unpaired) electrons. The van der Waals surface area contributed by atoms with Gasteiger partial charge in [0.05, 0.1) is 23.0 Å². The molecule has 0 aliphatic rings. The first-order valence-electron chi connectivity index (χ1n) is 4.77. The molecule has 0 saturated heterocycles. The molecule has 11 heteroatoms. The smallest absolute Gasteiger partial charge is 0.306 e. The Labute approximate surface area is 107 Å². The van der Waals surface area contributed by atoms with Crippen molar-refractivity contribution in [3.05, 3.63) is 22.6 Å². The lowest BCUT2D eigenvalue weighted by Gasteiger charge is -2.08. The van der Waals surface area contributed by atoms with Gasteiger partial charge >= 0.3 is 5.69 Å². The van der Waals surface area contributed by atoms with Crippen LogP contribution >= 0.6 is 0 Å². The van der Waals surface area contributed by atoms with E-state index in [1.165, 1.54) is 0 Å². The zero-order chi connectivity index (χ0) is 14.4. The molecule has 0 atom stereocenters. The van der Waals surface area contributed by atoms with Crippen LogP contribution < -0.4 is 10.4 Å². The second-order valence-electron chi connectivity index (χ2n) is 3.82. The van der Waals surface area contributed by atoms with Crippen molar-refractivity contribution in [1.29, 1.82) is 0 Å². The minimum atomic E-state index is -4.65. The Balaban J connectivity index is 2.81. The van der Waals surface area contributed by atoms with Gasteiger partial charge in [-0.15, -0.1) is 0 Å². The Morgan fingerprint density at radius 2 is 1.63 bits per heavy atom. The van der Waals surface area contributed by atoms with Gasteiger partial charge in [-0.25, -0.2) is 13.2 Å². The van der Waals surface area contributed by atoms with E-state index in [2.05, 4.69) is 9.97 Å². The fraction of sp³-hybridized carbons (Fsp3) is 0.125. The van der Waals surface area contributed by atoms with Gasteiger partial charge in [0, 0.05) is 0 Å². The van der Waals surface area contributed by atoms with Crippen molar-refractivity contribution >= 4 is 36.9 Å². The zero-order valence-electron chi connectivity index (χ0n) is 9.46. The number of aromatic nitrogens is 2. The van der Waals surface area contributed by atoms with E-state index in [0.29, 0.717) is 0 Å². The first-order chi connectivity index (χ1) is 8.56. The number of rotatable bonds is 3. The maximum absolute atomic E-state index is 11.2. The van der Waals surface area contributed by atoms with Crippen molar-refractivity contribution in [3.8, 4) is 0 Å². The van der Waals surface area contributed by atoms with E-state index >= 15 is 0 Å². The minimum absolute atomic E-state index is 0.122. The van der Waals surface area contributed by atoms with Crippen molar-refractivity contribution in [2.45, 2.75) is 4.90 Å². The van der Waals surface area contributed by atoms with E-state index in [-0.39, 0.29) is 16.7 Å². The maximum Gasteiger partial charge on any atom is 0.323 e. The van der Waals surface area contributed by atoms with Crippen molar-refractivity contribution in [3.63, 3.8) is 0 Å². The zero-order valence-corrected chi connectivity index (χ0v) is 11.1. The van der Waals surface area contributed by atoms with Gasteiger partial charge in [0.15, 0.2) is 0 Å². The highest BCUT2D eigenvalue weighted by atomic mass is 32.2. The van der Waals surface area contributed by atoms with Crippen LogP contribution in [0.3, 0.4) is 0 Å². The summed E-state index contributed by atoms with van der Waals surface area (Å²) in [5.74, 6) is 0. The van der Waals surface area contributed by atoms with Gasteiger partial charge in [-0.05, 0) is 12.1 Å². The molecule has 19 heavy (non-hydrogen) atoms. The average molecular weight is 307 g/mol. The second kappa shape index (κ2) is 4.08. The van der Waals surface area contributed by atoms with Crippen LogP contribution in [0.1, 0.15) is 0 Å². The number of fused-ring (bicyclic) bond motifs is 1. The van der Waals surface area contributed by atoms with Crippen LogP contribution in [-0.4, -0.2) is 37.6 Å². The topological polar surface area (TPSA) is 149 Å². The van der Waals surface area contributed by atoms with E-state index in [9.17, 15) is 21.6 Å². The van der Waals surface area contributed by atoms with Gasteiger partial charge in [0.2, 0.25) is 10.0 Å². The quantitative estimate of drug-likeness (QED) is 0.560. The van der Waals surface area contributed by atoms with Crippen LogP contribution in [0, 0.1) is 0 Å². The SMILES string of the molecule is CS(=O)(=O)Nc1cc2[nH]c(=O)[nH]c2cc1S(=O)(=O)O. The molecule has 4 N–H and O–H groups in total. The Morgan fingerprint density at radius 1 is 1.11 bits per heavy atom. The molecule has 0 unspecified atom stereocenters. The molecule has 0 aliphatic heterocycles. The van der Waals surface area contributed by atoms with E-state index < -0.39 is 30.7 Å². The van der Waals surface area contributed by atoms with E-state index in [1.54, 1.807) is 0 Å². The second-order valence-corrected chi connectivity index (χ2v) is 6.96. The Hall–Kier alpha value is -1.85. The summed E-state index contributed by atoms with van der Waals surface area (Å²) in [5.41, 5.74) is -0.624. The number of hydrogen-bond donors (Lipinski definition) is 4. The normalized spacial score (nSPS) is 12.7. The number of hydrogen-bond acceptors (Lipinski definition) is 5. The lowest BCUT2D eigenvalue weighted by Crippen LogP contribution is -2.13. The Morgan fingerprint density at radius 3 is 2.11 bits per heavy atom. The lowest BCUT2D eigenvalue weighted by molar-refractivity contribution is 0.484. The Bertz CT molecular complexity index is 906. The first kappa shape index (κ1) is 13.6. The third-order valence-corrected chi connectivity index (χ3v) is 3.67. The highest BCUT2D eigenvalue weighted by molar-refractivity contribution is 7.92. The summed E-state index contributed by atoms with van der Waals surface area (Å²) in [6, 6.07) is 2.05. The molecule has 9 nitrogen and oxygen atoms in total. The third kappa shape index (κ3) is 2.94. The molecule has 0 aliphatic carbocycles. The predicted octanol–water partition coefficient (Wildman–Crippen LogP) is -0.526. The summed E-state index contributed by atoms with van der Waals surface area (Å²) < 4.78 is 55.7. The molecule has 0 saturated carbocycles. The van der Waals surface area contributed by atoms with Crippen LogP contribution in [0.5, 0.6) is 0 Å². The lowest BCUT2D eigenvalue weighted by atomic mass is 10.3. The Kier molecular flexibility index (Phi) is 2.91. The van der Waals surface area contributed by atoms with Crippen molar-refractivity contribution in [1.82, 2.24) is 9.97 Å². The standard InChI is InChI=1S/C8H9N3O6S2/c1-18(13,14)11-6-2-4-5(10-8(12)9-4)3-7(6)19(15,16)17/h2-3,11H,1H3,(H2,9,10,12)(H,15,16,17). The molecule has 1 heterocycles. The van der Waals surface area contributed by atoms with Crippen molar-refractivity contribution in [2.75, 3.05) is 11.0 Å². The van der Waals surface area contributed by atoms with Gasteiger partial charge in [-0.2, -0.15) is 8.42 Å². The van der Waals surface area contributed by atoms with Gasteiger partial charge in [-0.1, -0.05) is 0 Å². The molecule has 2 rings (SSSR count). The molecule has 0 amide bonds. The number of benzene rings is 1. The highest BCUT2D eigenvalue weighted by Gasteiger charge is 2.19. The molecule has 0 fully saturated rings. The van der Waals surface area contributed by atoms with Gasteiger partial charge in [0.25, 0.3) is 10.1 Å². The molecule has 2 aromatic rings. The van der Waals surface area contributed by atoms with Gasteiger partial charge in [0.1, 0.15) is 4.90 Å². The molecule has 1 aromatic heterocycles. The number of aromatic amines is 2. The predicted molar refractivity (Wildman–Crippen MR) is 67.2 cm³/mol. The van der Waals surface area contributed by atoms with E-state index in [4.69, 9.17) is 4.55 Å². The average Bonchev–Trinajstić information content (AvgIpc) is 2.51. The summed E-state index contributed by atoms with van der Waals surface area (Å²) in [7, 11) is -8.40. The molecule has 0 spiro atoms. The summed E-state index contributed by atoms with van der Waals surface area (Å²) in [6.45, 7) is 0. The molecular formula is C8H9N3O6S2. The van der Waals surface area contributed by atoms with Gasteiger partial charge < -0.3 is 9.97 Å². The number of H-pyrrole nitrogens is 2. The minimum Gasteiger partial charge on any atom is -0.306 e. The molecule has 1 aromatic carbocycles. The number of anilines is 1. The van der Waals surface area contributed by atoms with Crippen LogP contribution in [0.4, 0.5) is 5.69 Å². The number of sulfonamides is 1. The van der Waals surface area contributed by atoms with Crippen LogP contribution in [0.2, 0.25) is 0 Å². The monoisotopic (exact) mass is 307 g/mol. The molecule has 0 bridgehead atoms. The largest absolute Gasteiger partial charge is 0.323 e. The fourth-order valence-corrected chi connectivity index (χ4v) is 2.84. The maximum atomic E-state index is 11.2. The van der Waals surface area contributed by atoms with Gasteiger partial charge in [-0.3, -0.25) is 9.27 Å². The van der Waals surface area contributed by atoms with Crippen molar-refractivity contribution < 1.29 is 21.4 Å². The fourth-order valence-electron chi connectivity index (χ4n) is 1.56. The first-order valence-corrected chi connectivity index (χ1v) is 8.11. The van der Waals surface area contributed by atoms with Crippen molar-refractivity contribution in [2.24, 2.45) is 0 Å². The highest BCUT2D eigenvalue weighted by Crippen LogP contribution is 2.26. The summed E-state index contributed by atoms with van der Waals surface area (Å²) in [5, 5.41) is 0. The number of nitrogens with one attached hydrogen (secondary N) is 3. The molecular weight excluding hydrogens is 298 g/mol.